The third kappa shape index (κ3) is 6.05. The molecule has 200 valence electrons. The van der Waals surface area contributed by atoms with Crippen molar-refractivity contribution in [3.05, 3.63) is 90.9 Å². The number of sulfonamides is 1. The minimum Gasteiger partial charge on any atom is -0.369 e. The van der Waals surface area contributed by atoms with Gasteiger partial charge in [-0.25, -0.2) is 22.8 Å². The van der Waals surface area contributed by atoms with E-state index in [-0.39, 0.29) is 23.9 Å². The molecule has 1 fully saturated rings. The molecule has 0 atom stereocenters. The number of hydrogen-bond acceptors (Lipinski definition) is 7. The third-order valence-electron chi connectivity index (χ3n) is 6.34. The number of nitrogens with zero attached hydrogens (tertiary/aromatic N) is 4. The molecule has 1 aliphatic heterocycles. The number of hydrogen-bond donors (Lipinski definition) is 2. The van der Waals surface area contributed by atoms with Crippen molar-refractivity contribution >= 4 is 38.9 Å². The summed E-state index contributed by atoms with van der Waals surface area (Å²) in [6.45, 7) is 2.98. The normalized spacial score (nSPS) is 14.2. The maximum atomic E-state index is 14.1. The Hall–Kier alpha value is -4.35. The lowest BCUT2D eigenvalue weighted by Crippen LogP contribution is -2.48. The molecule has 0 aliphatic carbocycles. The lowest BCUT2D eigenvalue weighted by molar-refractivity contribution is -0.114. The molecule has 9 nitrogen and oxygen atoms in total. The van der Waals surface area contributed by atoms with Crippen LogP contribution in [0.2, 0.25) is 0 Å². The van der Waals surface area contributed by atoms with Gasteiger partial charge in [-0.15, -0.1) is 0 Å². The lowest BCUT2D eigenvalue weighted by atomic mass is 10.1. The monoisotopic (exact) mass is 546 g/mol. The van der Waals surface area contributed by atoms with Crippen LogP contribution < -0.4 is 15.5 Å². The number of carbonyl (C=O) groups excluding carboxylic acids is 1. The number of amides is 1. The van der Waals surface area contributed by atoms with Crippen LogP contribution in [0.3, 0.4) is 0 Å². The Bertz CT molecular complexity index is 1570. The van der Waals surface area contributed by atoms with Crippen molar-refractivity contribution in [1.82, 2.24) is 14.3 Å². The fourth-order valence-corrected chi connectivity index (χ4v) is 5.86. The van der Waals surface area contributed by atoms with Crippen molar-refractivity contribution < 1.29 is 17.6 Å². The molecule has 3 aromatic carbocycles. The predicted molar refractivity (Wildman–Crippen MR) is 149 cm³/mol. The van der Waals surface area contributed by atoms with E-state index in [1.165, 1.54) is 29.4 Å². The summed E-state index contributed by atoms with van der Waals surface area (Å²) in [6, 6.07) is 22.4. The van der Waals surface area contributed by atoms with Crippen LogP contribution in [0.15, 0.2) is 90.0 Å². The van der Waals surface area contributed by atoms with Crippen molar-refractivity contribution in [3.8, 4) is 11.3 Å². The second-order valence-corrected chi connectivity index (χ2v) is 10.9. The standard InChI is InChI=1S/C28H27FN6O3S/c1-20(36)31-22-8-6-21(7-9-22)26-14-15-30-28(33-26)32-23-10-12-24(13-11-23)34-16-18-35(19-17-34)39(37,38)27-5-3-2-4-25(27)29/h2-15H,16-19H2,1H3,(H,31,36)(H,30,32,33). The molecule has 2 heterocycles. The largest absolute Gasteiger partial charge is 0.369 e. The van der Waals surface area contributed by atoms with Crippen molar-refractivity contribution in [3.63, 3.8) is 0 Å². The number of carbonyl (C=O) groups is 1. The average Bonchev–Trinajstić information content (AvgIpc) is 2.94. The molecule has 39 heavy (non-hydrogen) atoms. The predicted octanol–water partition coefficient (Wildman–Crippen LogP) is 4.50. The Balaban J connectivity index is 1.21. The van der Waals surface area contributed by atoms with Crippen molar-refractivity contribution in [1.29, 1.82) is 0 Å². The van der Waals surface area contributed by atoms with Crippen molar-refractivity contribution in [2.75, 3.05) is 41.7 Å². The Morgan fingerprint density at radius 3 is 2.21 bits per heavy atom. The molecule has 11 heteroatoms. The van der Waals surface area contributed by atoms with E-state index in [4.69, 9.17) is 0 Å². The Labute approximate surface area is 226 Å². The second-order valence-electron chi connectivity index (χ2n) is 9.02. The number of halogens is 1. The number of nitrogens with one attached hydrogen (secondary N) is 2. The molecular formula is C28H27FN6O3S. The molecule has 0 bridgehead atoms. The fourth-order valence-electron chi connectivity index (χ4n) is 4.37. The molecule has 0 spiro atoms. The Kier molecular flexibility index (Phi) is 7.53. The minimum absolute atomic E-state index is 0.128. The molecule has 2 N–H and O–H groups in total. The minimum atomic E-state index is -3.88. The van der Waals surface area contributed by atoms with Crippen LogP contribution in [0.5, 0.6) is 0 Å². The maximum absolute atomic E-state index is 14.1. The van der Waals surface area contributed by atoms with E-state index >= 15 is 0 Å². The molecule has 0 saturated carbocycles. The van der Waals surface area contributed by atoms with Crippen LogP contribution in [-0.4, -0.2) is 54.8 Å². The molecule has 0 radical (unpaired) electrons. The molecular weight excluding hydrogens is 519 g/mol. The Morgan fingerprint density at radius 2 is 1.54 bits per heavy atom. The summed E-state index contributed by atoms with van der Waals surface area (Å²) < 4.78 is 41.2. The SMILES string of the molecule is CC(=O)Nc1ccc(-c2ccnc(Nc3ccc(N4CCN(S(=O)(=O)c5ccccc5F)CC4)cc3)n2)cc1. The van der Waals surface area contributed by atoms with Crippen LogP contribution in [-0.2, 0) is 14.8 Å². The van der Waals surface area contributed by atoms with Crippen LogP contribution in [0.25, 0.3) is 11.3 Å². The maximum Gasteiger partial charge on any atom is 0.246 e. The van der Waals surface area contributed by atoms with Gasteiger partial charge in [-0.2, -0.15) is 4.31 Å². The van der Waals surface area contributed by atoms with Gasteiger partial charge < -0.3 is 15.5 Å². The number of anilines is 4. The van der Waals surface area contributed by atoms with E-state index < -0.39 is 15.8 Å². The molecule has 1 amide bonds. The highest BCUT2D eigenvalue weighted by Gasteiger charge is 2.30. The molecule has 1 aromatic heterocycles. The van der Waals surface area contributed by atoms with Crippen molar-refractivity contribution in [2.45, 2.75) is 11.8 Å². The van der Waals surface area contributed by atoms with E-state index in [0.717, 1.165) is 28.7 Å². The number of rotatable bonds is 7. The van der Waals surface area contributed by atoms with Gasteiger partial charge in [0.05, 0.1) is 5.69 Å². The van der Waals surface area contributed by atoms with Gasteiger partial charge >= 0.3 is 0 Å². The summed E-state index contributed by atoms with van der Waals surface area (Å²) in [5.41, 5.74) is 4.10. The van der Waals surface area contributed by atoms with Gasteiger partial charge in [-0.1, -0.05) is 24.3 Å². The number of benzene rings is 3. The van der Waals surface area contributed by atoms with Gasteiger partial charge in [0.2, 0.25) is 21.9 Å². The van der Waals surface area contributed by atoms with E-state index in [9.17, 15) is 17.6 Å². The number of piperazine rings is 1. The molecule has 5 rings (SSSR count). The topological polar surface area (TPSA) is 108 Å². The van der Waals surface area contributed by atoms with Gasteiger partial charge in [0, 0.05) is 61.9 Å². The fraction of sp³-hybridized carbons (Fsp3) is 0.179. The summed E-state index contributed by atoms with van der Waals surface area (Å²) in [6.07, 6.45) is 1.68. The van der Waals surface area contributed by atoms with E-state index in [2.05, 4.69) is 25.5 Å². The number of aromatic nitrogens is 2. The lowest BCUT2D eigenvalue weighted by Gasteiger charge is -2.35. The molecule has 4 aromatic rings. The Morgan fingerprint density at radius 1 is 0.872 bits per heavy atom. The smallest absolute Gasteiger partial charge is 0.246 e. The average molecular weight is 547 g/mol. The van der Waals surface area contributed by atoms with Crippen LogP contribution >= 0.6 is 0 Å². The molecule has 1 aliphatic rings. The summed E-state index contributed by atoms with van der Waals surface area (Å²) in [5, 5.41) is 5.95. The van der Waals surface area contributed by atoms with E-state index in [1.54, 1.807) is 6.20 Å². The first-order valence-electron chi connectivity index (χ1n) is 12.4. The highest BCUT2D eigenvalue weighted by atomic mass is 32.2. The van der Waals surface area contributed by atoms with Crippen molar-refractivity contribution in [2.24, 2.45) is 0 Å². The van der Waals surface area contributed by atoms with Gasteiger partial charge in [0.25, 0.3) is 0 Å². The van der Waals surface area contributed by atoms with Crippen LogP contribution in [0.4, 0.5) is 27.4 Å². The van der Waals surface area contributed by atoms with Gasteiger partial charge in [0.15, 0.2) is 0 Å². The third-order valence-corrected chi connectivity index (χ3v) is 8.27. The van der Waals surface area contributed by atoms with Gasteiger partial charge in [0.1, 0.15) is 10.7 Å². The van der Waals surface area contributed by atoms with Gasteiger partial charge in [-0.3, -0.25) is 4.79 Å². The zero-order valence-electron chi connectivity index (χ0n) is 21.2. The second kappa shape index (κ2) is 11.2. The van der Waals surface area contributed by atoms with Gasteiger partial charge in [-0.05, 0) is 54.6 Å². The zero-order valence-corrected chi connectivity index (χ0v) is 22.0. The molecule has 0 unspecified atom stereocenters. The zero-order chi connectivity index (χ0) is 27.4. The summed E-state index contributed by atoms with van der Waals surface area (Å²) in [4.78, 5) is 21.9. The summed E-state index contributed by atoms with van der Waals surface area (Å²) in [5.74, 6) is -0.423. The highest BCUT2D eigenvalue weighted by Crippen LogP contribution is 2.25. The first-order valence-corrected chi connectivity index (χ1v) is 13.8. The molecule has 1 saturated heterocycles. The van der Waals surface area contributed by atoms with Crippen LogP contribution in [0.1, 0.15) is 6.92 Å². The van der Waals surface area contributed by atoms with E-state index in [0.29, 0.717) is 24.7 Å². The first kappa shape index (κ1) is 26.3. The van der Waals surface area contributed by atoms with E-state index in [1.807, 2.05) is 54.6 Å². The summed E-state index contributed by atoms with van der Waals surface area (Å²) >= 11 is 0. The summed E-state index contributed by atoms with van der Waals surface area (Å²) in [7, 11) is -3.88. The van der Waals surface area contributed by atoms with Crippen LogP contribution in [0, 0.1) is 5.82 Å². The highest BCUT2D eigenvalue weighted by molar-refractivity contribution is 7.89. The first-order chi connectivity index (χ1) is 18.8. The quantitative estimate of drug-likeness (QED) is 0.352.